The Morgan fingerprint density at radius 2 is 1.84 bits per heavy atom. The van der Waals surface area contributed by atoms with E-state index in [2.05, 4.69) is 0 Å². The predicted molar refractivity (Wildman–Crippen MR) is 91.7 cm³/mol. The van der Waals surface area contributed by atoms with Gasteiger partial charge in [0.1, 0.15) is 10.6 Å². The van der Waals surface area contributed by atoms with Gasteiger partial charge in [0.15, 0.2) is 5.79 Å². The van der Waals surface area contributed by atoms with E-state index >= 15 is 0 Å². The molecule has 0 N–H and O–H groups in total. The zero-order valence-corrected chi connectivity index (χ0v) is 14.8. The van der Waals surface area contributed by atoms with E-state index in [4.69, 9.17) is 13.7 Å². The lowest BCUT2D eigenvalue weighted by Crippen LogP contribution is -2.32. The molecule has 6 heteroatoms. The Hall–Kier alpha value is -1.89. The van der Waals surface area contributed by atoms with Crippen LogP contribution < -0.4 is 4.18 Å². The monoisotopic (exact) mass is 360 g/mol. The highest BCUT2D eigenvalue weighted by Crippen LogP contribution is 2.44. The molecule has 2 heterocycles. The summed E-state index contributed by atoms with van der Waals surface area (Å²) in [4.78, 5) is 0.141. The lowest BCUT2D eigenvalue weighted by Gasteiger charge is -2.33. The molecule has 0 aliphatic carbocycles. The molecule has 0 saturated carbocycles. The predicted octanol–water partition coefficient (Wildman–Crippen LogP) is 3.65. The summed E-state index contributed by atoms with van der Waals surface area (Å²) in [6, 6.07) is 11.8. The molecule has 25 heavy (non-hydrogen) atoms. The highest BCUT2D eigenvalue weighted by Gasteiger charge is 2.42. The number of aryl methyl sites for hydroxylation is 1. The number of ether oxygens (including phenoxy) is 2. The van der Waals surface area contributed by atoms with E-state index in [0.29, 0.717) is 13.2 Å². The maximum Gasteiger partial charge on any atom is 0.339 e. The molecule has 0 bridgehead atoms. The molecule has 2 aromatic carbocycles. The minimum absolute atomic E-state index is 0.141. The van der Waals surface area contributed by atoms with Crippen LogP contribution in [0.1, 0.15) is 36.0 Å². The number of rotatable bonds is 3. The van der Waals surface area contributed by atoms with Gasteiger partial charge in [-0.1, -0.05) is 17.7 Å². The first kappa shape index (κ1) is 16.6. The average Bonchev–Trinajstić information content (AvgIpc) is 2.93. The van der Waals surface area contributed by atoms with Crippen LogP contribution in [-0.4, -0.2) is 15.0 Å². The standard InChI is InChI=1S/C19H20O5S/c1-14-4-7-17(8-5-14)25(20,21)24-16-6-9-18-15(12-16)13-23-19(18)10-2-3-11-22-19/h4-9,12H,2-3,10-11,13H2,1H3. The van der Waals surface area contributed by atoms with E-state index in [1.807, 2.05) is 13.0 Å². The minimum atomic E-state index is -3.85. The maximum atomic E-state index is 12.4. The highest BCUT2D eigenvalue weighted by atomic mass is 32.2. The molecule has 2 aliphatic rings. The van der Waals surface area contributed by atoms with Crippen molar-refractivity contribution in [2.24, 2.45) is 0 Å². The van der Waals surface area contributed by atoms with Crippen molar-refractivity contribution in [2.45, 2.75) is 43.5 Å². The third-order valence-corrected chi connectivity index (χ3v) is 5.96. The minimum Gasteiger partial charge on any atom is -0.379 e. The van der Waals surface area contributed by atoms with E-state index < -0.39 is 15.9 Å². The zero-order valence-electron chi connectivity index (χ0n) is 14.0. The van der Waals surface area contributed by atoms with Gasteiger partial charge in [-0.25, -0.2) is 0 Å². The normalized spacial score (nSPS) is 22.8. The highest BCUT2D eigenvalue weighted by molar-refractivity contribution is 7.87. The second-order valence-corrected chi connectivity index (χ2v) is 8.06. The molecule has 1 saturated heterocycles. The van der Waals surface area contributed by atoms with Gasteiger partial charge in [0.05, 0.1) is 13.2 Å². The summed E-state index contributed by atoms with van der Waals surface area (Å²) in [5.74, 6) is -0.377. The van der Waals surface area contributed by atoms with Crippen LogP contribution in [0, 0.1) is 6.92 Å². The van der Waals surface area contributed by atoms with Crippen LogP contribution >= 0.6 is 0 Å². The Bertz CT molecular complexity index is 881. The fourth-order valence-electron chi connectivity index (χ4n) is 3.36. The van der Waals surface area contributed by atoms with Gasteiger partial charge >= 0.3 is 10.1 Å². The molecule has 5 nitrogen and oxygen atoms in total. The van der Waals surface area contributed by atoms with E-state index in [1.165, 1.54) is 0 Å². The van der Waals surface area contributed by atoms with Crippen molar-refractivity contribution in [2.75, 3.05) is 6.61 Å². The Morgan fingerprint density at radius 3 is 2.56 bits per heavy atom. The van der Waals surface area contributed by atoms with Crippen molar-refractivity contribution >= 4 is 10.1 Å². The quantitative estimate of drug-likeness (QED) is 0.782. The van der Waals surface area contributed by atoms with Gasteiger partial charge in [-0.2, -0.15) is 8.42 Å². The lowest BCUT2D eigenvalue weighted by atomic mass is 9.96. The lowest BCUT2D eigenvalue weighted by molar-refractivity contribution is -0.257. The molecule has 2 aromatic rings. The molecule has 132 valence electrons. The molecule has 1 fully saturated rings. The summed E-state index contributed by atoms with van der Waals surface area (Å²) < 4.78 is 42.0. The van der Waals surface area contributed by atoms with Crippen molar-refractivity contribution in [3.05, 3.63) is 59.2 Å². The SMILES string of the molecule is Cc1ccc(S(=O)(=O)Oc2ccc3c(c2)COC32CCCCO2)cc1. The molecule has 2 aliphatic heterocycles. The first-order chi connectivity index (χ1) is 12.0. The Morgan fingerprint density at radius 1 is 1.04 bits per heavy atom. The van der Waals surface area contributed by atoms with Crippen molar-refractivity contribution < 1.29 is 22.1 Å². The molecular formula is C19H20O5S. The van der Waals surface area contributed by atoms with Crippen LogP contribution in [0.3, 0.4) is 0 Å². The molecular weight excluding hydrogens is 340 g/mol. The second kappa shape index (κ2) is 6.12. The summed E-state index contributed by atoms with van der Waals surface area (Å²) in [5.41, 5.74) is 2.89. The topological polar surface area (TPSA) is 61.8 Å². The Labute approximate surface area is 147 Å². The van der Waals surface area contributed by atoms with Crippen LogP contribution in [0.25, 0.3) is 0 Å². The molecule has 1 spiro atoms. The van der Waals surface area contributed by atoms with Gasteiger partial charge in [0.25, 0.3) is 0 Å². The molecule has 0 aromatic heterocycles. The van der Waals surface area contributed by atoms with Crippen LogP contribution in [0.15, 0.2) is 47.4 Å². The summed E-state index contributed by atoms with van der Waals surface area (Å²) >= 11 is 0. The molecule has 1 atom stereocenters. The second-order valence-electron chi connectivity index (χ2n) is 6.52. The van der Waals surface area contributed by atoms with Crippen molar-refractivity contribution in [1.29, 1.82) is 0 Å². The number of fused-ring (bicyclic) bond motifs is 2. The Balaban J connectivity index is 1.60. The van der Waals surface area contributed by atoms with Crippen molar-refractivity contribution in [3.8, 4) is 5.75 Å². The third-order valence-electron chi connectivity index (χ3n) is 4.70. The van der Waals surface area contributed by atoms with Crippen molar-refractivity contribution in [1.82, 2.24) is 0 Å². The molecule has 4 rings (SSSR count). The van der Waals surface area contributed by atoms with E-state index in [0.717, 1.165) is 36.0 Å². The fraction of sp³-hybridized carbons (Fsp3) is 0.368. The van der Waals surface area contributed by atoms with Gasteiger partial charge in [-0.05, 0) is 55.7 Å². The van der Waals surface area contributed by atoms with Crippen LogP contribution in [0.4, 0.5) is 0 Å². The zero-order chi connectivity index (χ0) is 17.5. The molecule has 1 unspecified atom stereocenters. The first-order valence-electron chi connectivity index (χ1n) is 8.41. The average molecular weight is 360 g/mol. The van der Waals surface area contributed by atoms with Crippen molar-refractivity contribution in [3.63, 3.8) is 0 Å². The number of hydrogen-bond acceptors (Lipinski definition) is 5. The van der Waals surface area contributed by atoms with Gasteiger partial charge in [-0.3, -0.25) is 0 Å². The van der Waals surface area contributed by atoms with E-state index in [1.54, 1.807) is 36.4 Å². The largest absolute Gasteiger partial charge is 0.379 e. The third kappa shape index (κ3) is 3.05. The first-order valence-corrected chi connectivity index (χ1v) is 9.82. The fourth-order valence-corrected chi connectivity index (χ4v) is 4.28. The summed E-state index contributed by atoms with van der Waals surface area (Å²) in [6.45, 7) is 2.98. The number of hydrogen-bond donors (Lipinski definition) is 0. The van der Waals surface area contributed by atoms with E-state index in [9.17, 15) is 8.42 Å². The summed E-state index contributed by atoms with van der Waals surface area (Å²) in [6.07, 6.45) is 2.91. The maximum absolute atomic E-state index is 12.4. The number of benzene rings is 2. The van der Waals surface area contributed by atoms with Crippen LogP contribution in [0.2, 0.25) is 0 Å². The van der Waals surface area contributed by atoms with Gasteiger partial charge < -0.3 is 13.7 Å². The summed E-state index contributed by atoms with van der Waals surface area (Å²) in [5, 5.41) is 0. The molecule has 0 amide bonds. The summed E-state index contributed by atoms with van der Waals surface area (Å²) in [7, 11) is -3.85. The smallest absolute Gasteiger partial charge is 0.339 e. The van der Waals surface area contributed by atoms with Crippen LogP contribution in [-0.2, 0) is 32.0 Å². The van der Waals surface area contributed by atoms with Crippen LogP contribution in [0.5, 0.6) is 5.75 Å². The Kier molecular flexibility index (Phi) is 4.06. The van der Waals surface area contributed by atoms with Gasteiger partial charge in [0.2, 0.25) is 0 Å². The van der Waals surface area contributed by atoms with E-state index in [-0.39, 0.29) is 10.6 Å². The van der Waals surface area contributed by atoms with Gasteiger partial charge in [-0.15, -0.1) is 0 Å². The van der Waals surface area contributed by atoms with Gasteiger partial charge in [0, 0.05) is 12.0 Å². The molecule has 0 radical (unpaired) electrons.